The van der Waals surface area contributed by atoms with Crippen molar-refractivity contribution in [1.29, 1.82) is 0 Å². The van der Waals surface area contributed by atoms with Crippen LogP contribution < -0.4 is 0 Å². The summed E-state index contributed by atoms with van der Waals surface area (Å²) in [5.41, 5.74) is 3.54. The van der Waals surface area contributed by atoms with Crippen LogP contribution in [-0.2, 0) is 33.9 Å². The molecular formula is C21H21FO4. The van der Waals surface area contributed by atoms with E-state index < -0.39 is 17.7 Å². The second kappa shape index (κ2) is 8.23. The summed E-state index contributed by atoms with van der Waals surface area (Å²) in [6, 6.07) is 11.4. The van der Waals surface area contributed by atoms with Crippen molar-refractivity contribution in [3.8, 4) is 0 Å². The minimum absolute atomic E-state index is 0.0109. The van der Waals surface area contributed by atoms with Gasteiger partial charge in [0.15, 0.2) is 5.78 Å². The maximum atomic E-state index is 13.2. The van der Waals surface area contributed by atoms with Gasteiger partial charge in [0.1, 0.15) is 12.4 Å². The highest BCUT2D eigenvalue weighted by Crippen LogP contribution is 2.22. The van der Waals surface area contributed by atoms with Crippen LogP contribution in [0.2, 0.25) is 0 Å². The third-order valence-corrected chi connectivity index (χ3v) is 4.53. The Kier molecular flexibility index (Phi) is 5.78. The Labute approximate surface area is 151 Å². The lowest BCUT2D eigenvalue weighted by atomic mass is 9.97. The fourth-order valence-corrected chi connectivity index (χ4v) is 3.07. The molecule has 0 amide bonds. The highest BCUT2D eigenvalue weighted by Gasteiger charge is 2.21. The molecule has 1 atom stereocenters. The predicted molar refractivity (Wildman–Crippen MR) is 94.1 cm³/mol. The van der Waals surface area contributed by atoms with E-state index in [0.717, 1.165) is 17.5 Å². The van der Waals surface area contributed by atoms with Gasteiger partial charge in [0.05, 0.1) is 19.1 Å². The molecule has 0 bridgehead atoms. The van der Waals surface area contributed by atoms with E-state index in [1.54, 1.807) is 13.0 Å². The monoisotopic (exact) mass is 356 g/mol. The zero-order valence-corrected chi connectivity index (χ0v) is 14.7. The number of halogens is 1. The highest BCUT2D eigenvalue weighted by atomic mass is 19.1. The SMILES string of the molecule is CC(CC(=O)c1cccc(F)c1)C(=O)OCc1cccc2c1CCOC2. The molecule has 2 aromatic carbocycles. The molecule has 1 heterocycles. The van der Waals surface area contributed by atoms with Crippen LogP contribution in [0.5, 0.6) is 0 Å². The molecule has 0 aliphatic carbocycles. The fraction of sp³-hybridized carbons (Fsp3) is 0.333. The number of hydrogen-bond acceptors (Lipinski definition) is 4. The summed E-state index contributed by atoms with van der Waals surface area (Å²) in [5.74, 6) is -1.76. The number of benzene rings is 2. The third kappa shape index (κ3) is 4.35. The molecule has 26 heavy (non-hydrogen) atoms. The lowest BCUT2D eigenvalue weighted by molar-refractivity contribution is -0.149. The Morgan fingerprint density at radius 3 is 2.85 bits per heavy atom. The topological polar surface area (TPSA) is 52.6 Å². The third-order valence-electron chi connectivity index (χ3n) is 4.53. The first-order valence-corrected chi connectivity index (χ1v) is 8.67. The quantitative estimate of drug-likeness (QED) is 0.583. The molecule has 1 aliphatic heterocycles. The van der Waals surface area contributed by atoms with Crippen LogP contribution in [0.25, 0.3) is 0 Å². The second-order valence-corrected chi connectivity index (χ2v) is 6.50. The summed E-state index contributed by atoms with van der Waals surface area (Å²) in [7, 11) is 0. The number of hydrogen-bond donors (Lipinski definition) is 0. The first-order chi connectivity index (χ1) is 12.5. The Bertz CT molecular complexity index is 815. The van der Waals surface area contributed by atoms with E-state index in [-0.39, 0.29) is 24.4 Å². The van der Waals surface area contributed by atoms with Gasteiger partial charge in [-0.3, -0.25) is 9.59 Å². The lowest BCUT2D eigenvalue weighted by Crippen LogP contribution is -2.19. The van der Waals surface area contributed by atoms with E-state index in [4.69, 9.17) is 9.47 Å². The number of Topliss-reactive ketones (excluding diaryl/α,β-unsaturated/α-hetero) is 1. The summed E-state index contributed by atoms with van der Waals surface area (Å²) >= 11 is 0. The molecule has 1 aliphatic rings. The Morgan fingerprint density at radius 2 is 2.04 bits per heavy atom. The van der Waals surface area contributed by atoms with Crippen LogP contribution in [0.15, 0.2) is 42.5 Å². The second-order valence-electron chi connectivity index (χ2n) is 6.50. The lowest BCUT2D eigenvalue weighted by Gasteiger charge is -2.20. The molecule has 0 spiro atoms. The molecule has 0 aromatic heterocycles. The van der Waals surface area contributed by atoms with Crippen LogP contribution in [0.4, 0.5) is 4.39 Å². The van der Waals surface area contributed by atoms with Gasteiger partial charge >= 0.3 is 5.97 Å². The number of rotatable bonds is 6. The van der Waals surface area contributed by atoms with Crippen molar-refractivity contribution in [2.24, 2.45) is 5.92 Å². The minimum atomic E-state index is -0.589. The van der Waals surface area contributed by atoms with Gasteiger partial charge in [0, 0.05) is 12.0 Å². The summed E-state index contributed by atoms with van der Waals surface area (Å²) in [5, 5.41) is 0. The van der Waals surface area contributed by atoms with E-state index in [1.165, 1.54) is 23.8 Å². The van der Waals surface area contributed by atoms with Gasteiger partial charge in [-0.1, -0.05) is 37.3 Å². The number of ether oxygens (including phenoxy) is 2. The maximum Gasteiger partial charge on any atom is 0.309 e. The van der Waals surface area contributed by atoms with Crippen LogP contribution in [0.3, 0.4) is 0 Å². The van der Waals surface area contributed by atoms with Crippen LogP contribution in [-0.4, -0.2) is 18.4 Å². The van der Waals surface area contributed by atoms with Gasteiger partial charge in [-0.2, -0.15) is 0 Å². The molecule has 3 rings (SSSR count). The van der Waals surface area contributed by atoms with Gasteiger partial charge in [0.2, 0.25) is 0 Å². The summed E-state index contributed by atoms with van der Waals surface area (Å²) in [6.45, 7) is 3.07. The highest BCUT2D eigenvalue weighted by molar-refractivity contribution is 5.98. The van der Waals surface area contributed by atoms with Crippen molar-refractivity contribution >= 4 is 11.8 Å². The number of carbonyl (C=O) groups is 2. The Morgan fingerprint density at radius 1 is 1.23 bits per heavy atom. The molecule has 0 saturated heterocycles. The molecule has 0 N–H and O–H groups in total. The molecular weight excluding hydrogens is 335 g/mol. The van der Waals surface area contributed by atoms with Crippen molar-refractivity contribution in [3.05, 3.63) is 70.5 Å². The first kappa shape index (κ1) is 18.3. The van der Waals surface area contributed by atoms with Crippen molar-refractivity contribution in [2.75, 3.05) is 6.61 Å². The average Bonchev–Trinajstić information content (AvgIpc) is 2.66. The minimum Gasteiger partial charge on any atom is -0.461 e. The normalized spacial score (nSPS) is 14.4. The van der Waals surface area contributed by atoms with E-state index in [0.29, 0.717) is 13.2 Å². The summed E-state index contributed by atoms with van der Waals surface area (Å²) in [4.78, 5) is 24.4. The van der Waals surface area contributed by atoms with E-state index in [9.17, 15) is 14.0 Å². The van der Waals surface area contributed by atoms with Gasteiger partial charge < -0.3 is 9.47 Å². The van der Waals surface area contributed by atoms with E-state index in [2.05, 4.69) is 0 Å². The first-order valence-electron chi connectivity index (χ1n) is 8.67. The van der Waals surface area contributed by atoms with Gasteiger partial charge in [-0.25, -0.2) is 4.39 Å². The smallest absolute Gasteiger partial charge is 0.309 e. The molecule has 136 valence electrons. The number of esters is 1. The fourth-order valence-electron chi connectivity index (χ4n) is 3.07. The number of ketones is 1. The van der Waals surface area contributed by atoms with Gasteiger partial charge in [0.25, 0.3) is 0 Å². The molecule has 0 saturated carbocycles. The van der Waals surface area contributed by atoms with Gasteiger partial charge in [-0.15, -0.1) is 0 Å². The largest absolute Gasteiger partial charge is 0.461 e. The Balaban J connectivity index is 1.57. The van der Waals surface area contributed by atoms with E-state index in [1.807, 2.05) is 18.2 Å². The predicted octanol–water partition coefficient (Wildman–Crippen LogP) is 3.85. The van der Waals surface area contributed by atoms with Crippen molar-refractivity contribution in [1.82, 2.24) is 0 Å². The molecule has 4 nitrogen and oxygen atoms in total. The zero-order chi connectivity index (χ0) is 18.5. The van der Waals surface area contributed by atoms with Crippen molar-refractivity contribution in [3.63, 3.8) is 0 Å². The van der Waals surface area contributed by atoms with Crippen molar-refractivity contribution < 1.29 is 23.5 Å². The maximum absolute atomic E-state index is 13.2. The van der Waals surface area contributed by atoms with Gasteiger partial charge in [-0.05, 0) is 35.2 Å². The van der Waals surface area contributed by atoms with Crippen molar-refractivity contribution in [2.45, 2.75) is 33.0 Å². The van der Waals surface area contributed by atoms with Crippen LogP contribution in [0, 0.1) is 11.7 Å². The summed E-state index contributed by atoms with van der Waals surface area (Å²) in [6.07, 6.45) is 0.791. The molecule has 0 radical (unpaired) electrons. The van der Waals surface area contributed by atoms with Crippen LogP contribution in [0.1, 0.15) is 40.4 Å². The molecule has 2 aromatic rings. The molecule has 1 unspecified atom stereocenters. The van der Waals surface area contributed by atoms with E-state index >= 15 is 0 Å². The number of carbonyl (C=O) groups excluding carboxylic acids is 2. The number of fused-ring (bicyclic) bond motifs is 1. The molecule has 5 heteroatoms. The zero-order valence-electron chi connectivity index (χ0n) is 14.7. The Hall–Kier alpha value is -2.53. The molecule has 0 fully saturated rings. The average molecular weight is 356 g/mol. The summed E-state index contributed by atoms with van der Waals surface area (Å²) < 4.78 is 24.1. The van der Waals surface area contributed by atoms with Crippen LogP contribution >= 0.6 is 0 Å². The standard InChI is InChI=1S/C21H21FO4/c1-14(10-20(23)15-4-3-7-18(22)11-15)21(24)26-13-17-6-2-5-16-12-25-9-8-19(16)17/h2-7,11,14H,8-10,12-13H2,1H3.